The first-order valence-electron chi connectivity index (χ1n) is 9.00. The highest BCUT2D eigenvalue weighted by atomic mass is 16.4. The van der Waals surface area contributed by atoms with Gasteiger partial charge in [-0.2, -0.15) is 0 Å². The second-order valence-corrected chi connectivity index (χ2v) is 5.55. The van der Waals surface area contributed by atoms with Crippen LogP contribution in [0.3, 0.4) is 0 Å². The number of rotatable bonds is 14. The summed E-state index contributed by atoms with van der Waals surface area (Å²) in [7, 11) is 0. The van der Waals surface area contributed by atoms with Gasteiger partial charge in [0.25, 0.3) is 0 Å². The first kappa shape index (κ1) is 22.9. The Balaban J connectivity index is 3.73. The van der Waals surface area contributed by atoms with Gasteiger partial charge < -0.3 is 10.2 Å². The van der Waals surface area contributed by atoms with Gasteiger partial charge in [0.2, 0.25) is 0 Å². The van der Waals surface area contributed by atoms with Crippen LogP contribution in [0.15, 0.2) is 72.9 Å². The molecule has 0 radical (unpaired) electrons. The summed E-state index contributed by atoms with van der Waals surface area (Å²) in [5, 5.41) is 18.3. The summed E-state index contributed by atoms with van der Waals surface area (Å²) in [6.45, 7) is 2.13. The molecule has 0 aromatic heterocycles. The number of carboxylic acids is 1. The van der Waals surface area contributed by atoms with Crippen molar-refractivity contribution in [3.63, 3.8) is 0 Å². The zero-order valence-electron chi connectivity index (χ0n) is 15.3. The number of aliphatic hydroxyl groups excluding tert-OH is 1. The fourth-order valence-electron chi connectivity index (χ4n) is 1.87. The molecule has 0 aromatic rings. The summed E-state index contributed by atoms with van der Waals surface area (Å²) in [4.78, 5) is 10.3. The molecule has 3 heteroatoms. The minimum atomic E-state index is -0.774. The fraction of sp³-hybridized carbons (Fsp3) is 0.409. The predicted octanol–water partition coefficient (Wildman–Crippen LogP) is 5.52. The molecule has 138 valence electrons. The van der Waals surface area contributed by atoms with Crippen LogP contribution in [-0.2, 0) is 4.79 Å². The van der Waals surface area contributed by atoms with Crippen LogP contribution in [0.4, 0.5) is 0 Å². The molecule has 2 N–H and O–H groups in total. The number of carbonyl (C=O) groups is 1. The number of hydrogen-bond donors (Lipinski definition) is 2. The second kappa shape index (κ2) is 18.2. The topological polar surface area (TPSA) is 57.5 Å². The van der Waals surface area contributed by atoms with E-state index in [0.29, 0.717) is 12.8 Å². The third kappa shape index (κ3) is 19.8. The molecule has 0 aliphatic heterocycles. The number of hydrogen-bond acceptors (Lipinski definition) is 2. The molecule has 0 saturated heterocycles. The Kier molecular flexibility index (Phi) is 16.7. The Labute approximate surface area is 152 Å². The van der Waals surface area contributed by atoms with Crippen molar-refractivity contribution in [3.8, 4) is 0 Å². The van der Waals surface area contributed by atoms with Gasteiger partial charge in [-0.25, -0.2) is 0 Å². The van der Waals surface area contributed by atoms with E-state index >= 15 is 0 Å². The van der Waals surface area contributed by atoms with E-state index < -0.39 is 12.1 Å². The van der Waals surface area contributed by atoms with Crippen molar-refractivity contribution in [2.45, 2.75) is 58.0 Å². The second-order valence-electron chi connectivity index (χ2n) is 5.55. The summed E-state index contributed by atoms with van der Waals surface area (Å²) in [5.41, 5.74) is 0. The lowest BCUT2D eigenvalue weighted by molar-refractivity contribution is -0.136. The molecule has 0 unspecified atom stereocenters. The van der Waals surface area contributed by atoms with Gasteiger partial charge in [-0.3, -0.25) is 4.79 Å². The number of aliphatic carboxylic acids is 1. The zero-order valence-corrected chi connectivity index (χ0v) is 15.3. The largest absolute Gasteiger partial charge is 0.481 e. The van der Waals surface area contributed by atoms with Crippen molar-refractivity contribution in [3.05, 3.63) is 72.9 Å². The molecule has 1 atom stereocenters. The van der Waals surface area contributed by atoms with Crippen LogP contribution in [0.25, 0.3) is 0 Å². The molecular formula is C22H32O3. The molecule has 25 heavy (non-hydrogen) atoms. The first-order valence-corrected chi connectivity index (χ1v) is 9.00. The van der Waals surface area contributed by atoms with Crippen molar-refractivity contribution in [2.75, 3.05) is 0 Å². The van der Waals surface area contributed by atoms with Crippen LogP contribution in [0, 0.1) is 0 Å². The van der Waals surface area contributed by atoms with Crippen molar-refractivity contribution in [1.29, 1.82) is 0 Å². The van der Waals surface area contributed by atoms with Crippen molar-refractivity contribution < 1.29 is 15.0 Å². The van der Waals surface area contributed by atoms with Gasteiger partial charge in [-0.05, 0) is 38.5 Å². The Morgan fingerprint density at radius 1 is 0.840 bits per heavy atom. The maximum atomic E-state index is 10.3. The van der Waals surface area contributed by atoms with Crippen LogP contribution in [0.2, 0.25) is 0 Å². The highest BCUT2D eigenvalue weighted by molar-refractivity contribution is 5.66. The lowest BCUT2D eigenvalue weighted by Crippen LogP contribution is -1.98. The average molecular weight is 344 g/mol. The maximum absolute atomic E-state index is 10.3. The minimum Gasteiger partial charge on any atom is -0.481 e. The average Bonchev–Trinajstić information content (AvgIpc) is 2.58. The van der Waals surface area contributed by atoms with Gasteiger partial charge in [0, 0.05) is 6.42 Å². The molecule has 0 fully saturated rings. The number of carboxylic acid groups (broad SMARTS) is 1. The van der Waals surface area contributed by atoms with Crippen molar-refractivity contribution in [2.24, 2.45) is 0 Å². The molecule has 0 aliphatic carbocycles. The fourth-order valence-corrected chi connectivity index (χ4v) is 1.87. The lowest BCUT2D eigenvalue weighted by Gasteiger charge is -1.98. The van der Waals surface area contributed by atoms with Crippen LogP contribution in [0.5, 0.6) is 0 Å². The van der Waals surface area contributed by atoms with E-state index in [1.807, 2.05) is 36.5 Å². The van der Waals surface area contributed by atoms with Crippen LogP contribution in [-0.4, -0.2) is 22.3 Å². The molecule has 0 aliphatic rings. The minimum absolute atomic E-state index is 0.170. The molecule has 0 aromatic carbocycles. The van der Waals surface area contributed by atoms with E-state index in [1.165, 1.54) is 0 Å². The summed E-state index contributed by atoms with van der Waals surface area (Å²) >= 11 is 0. The Morgan fingerprint density at radius 2 is 1.44 bits per heavy atom. The molecule has 3 nitrogen and oxygen atoms in total. The van der Waals surface area contributed by atoms with Crippen LogP contribution >= 0.6 is 0 Å². The summed E-state index contributed by atoms with van der Waals surface area (Å²) in [6.07, 6.45) is 28.5. The smallest absolute Gasteiger partial charge is 0.303 e. The lowest BCUT2D eigenvalue weighted by atomic mass is 10.2. The molecule has 0 amide bonds. The van der Waals surface area contributed by atoms with Crippen LogP contribution in [0.1, 0.15) is 51.9 Å². The van der Waals surface area contributed by atoms with E-state index in [-0.39, 0.29) is 6.42 Å². The van der Waals surface area contributed by atoms with Gasteiger partial charge in [0.05, 0.1) is 6.10 Å². The predicted molar refractivity (Wildman–Crippen MR) is 106 cm³/mol. The van der Waals surface area contributed by atoms with Gasteiger partial charge in [0.1, 0.15) is 0 Å². The monoisotopic (exact) mass is 344 g/mol. The standard InChI is InChI=1S/C22H32O3/c1-2-3-4-5-6-7-8-9-12-15-18-21(23)19-16-13-10-11-14-17-20-22(24)25/h3-4,6-7,9,11-16,18,21,23H,2,5,8,10,17,19-20H2,1H3,(H,24,25)/b4-3-,7-6-,12-9-,14-11-,16-13-,18-15+/t21-/m1/s1. The Hall–Kier alpha value is -2.13. The van der Waals surface area contributed by atoms with Gasteiger partial charge in [-0.15, -0.1) is 0 Å². The van der Waals surface area contributed by atoms with Gasteiger partial charge in [0.15, 0.2) is 0 Å². The molecule has 0 heterocycles. The van der Waals surface area contributed by atoms with Gasteiger partial charge >= 0.3 is 5.97 Å². The Morgan fingerprint density at radius 3 is 2.12 bits per heavy atom. The third-order valence-corrected chi connectivity index (χ3v) is 3.20. The highest BCUT2D eigenvalue weighted by Gasteiger charge is 1.93. The SMILES string of the molecule is CC/C=C\C/C=C\C/C=C\C=C\[C@@H](O)C/C=C\C/C=C\CCC(=O)O. The molecule has 0 spiro atoms. The summed E-state index contributed by atoms with van der Waals surface area (Å²) in [6, 6.07) is 0. The number of allylic oxidation sites excluding steroid dienone is 10. The first-order chi connectivity index (χ1) is 12.2. The number of aliphatic hydroxyl groups is 1. The molecule has 0 bridgehead atoms. The van der Waals surface area contributed by atoms with E-state index in [1.54, 1.807) is 6.08 Å². The summed E-state index contributed by atoms with van der Waals surface area (Å²) < 4.78 is 0. The summed E-state index contributed by atoms with van der Waals surface area (Å²) in [5.74, 6) is -0.774. The highest BCUT2D eigenvalue weighted by Crippen LogP contribution is 1.99. The Bertz CT molecular complexity index is 493. The van der Waals surface area contributed by atoms with E-state index in [4.69, 9.17) is 5.11 Å². The molecule has 0 saturated carbocycles. The van der Waals surface area contributed by atoms with Crippen LogP contribution < -0.4 is 0 Å². The quantitative estimate of drug-likeness (QED) is 0.322. The van der Waals surface area contributed by atoms with Crippen molar-refractivity contribution in [1.82, 2.24) is 0 Å². The maximum Gasteiger partial charge on any atom is 0.303 e. The van der Waals surface area contributed by atoms with Gasteiger partial charge in [-0.1, -0.05) is 79.8 Å². The molecular weight excluding hydrogens is 312 g/mol. The zero-order chi connectivity index (χ0) is 18.6. The van der Waals surface area contributed by atoms with E-state index in [9.17, 15) is 9.90 Å². The molecule has 0 rings (SSSR count). The normalized spacial score (nSPS) is 14.3. The van der Waals surface area contributed by atoms with Crippen molar-refractivity contribution >= 4 is 5.97 Å². The third-order valence-electron chi connectivity index (χ3n) is 3.20. The van der Waals surface area contributed by atoms with E-state index in [0.717, 1.165) is 25.7 Å². The van der Waals surface area contributed by atoms with E-state index in [2.05, 4.69) is 37.3 Å².